The van der Waals surface area contributed by atoms with Gasteiger partial charge in [0.25, 0.3) is 0 Å². The lowest BCUT2D eigenvalue weighted by atomic mass is 10.2. The molecule has 21 heavy (non-hydrogen) atoms. The van der Waals surface area contributed by atoms with Crippen molar-refractivity contribution in [2.75, 3.05) is 20.7 Å². The Labute approximate surface area is 125 Å². The molecular formula is C14H21NO5S. The molecule has 0 radical (unpaired) electrons. The molecule has 0 aromatic heterocycles. The van der Waals surface area contributed by atoms with Crippen molar-refractivity contribution in [3.05, 3.63) is 23.8 Å². The van der Waals surface area contributed by atoms with Crippen LogP contribution in [0.4, 0.5) is 0 Å². The monoisotopic (exact) mass is 315 g/mol. The Morgan fingerprint density at radius 1 is 1.33 bits per heavy atom. The van der Waals surface area contributed by atoms with Crippen LogP contribution in [0.3, 0.4) is 0 Å². The number of aromatic carboxylic acids is 1. The number of benzene rings is 1. The predicted molar refractivity (Wildman–Crippen MR) is 79.3 cm³/mol. The standard InChI is InChI=1S/C14H21NO5S/c1-4-5-6-9-15(2)21(18,19)11-7-8-13(20-3)12(10-11)14(16)17/h7-8,10H,4-6,9H2,1-3H3,(H,16,17). The Hall–Kier alpha value is -1.60. The molecule has 1 aromatic rings. The molecule has 1 aromatic carbocycles. The molecule has 118 valence electrons. The number of nitrogens with zero attached hydrogens (tertiary/aromatic N) is 1. The van der Waals surface area contributed by atoms with Crippen molar-refractivity contribution < 1.29 is 23.1 Å². The number of carbonyl (C=O) groups is 1. The van der Waals surface area contributed by atoms with Gasteiger partial charge in [-0.25, -0.2) is 17.5 Å². The average Bonchev–Trinajstić information content (AvgIpc) is 2.46. The molecule has 0 unspecified atom stereocenters. The topological polar surface area (TPSA) is 83.9 Å². The lowest BCUT2D eigenvalue weighted by Crippen LogP contribution is -2.28. The maximum absolute atomic E-state index is 12.4. The van der Waals surface area contributed by atoms with Crippen molar-refractivity contribution >= 4 is 16.0 Å². The van der Waals surface area contributed by atoms with Gasteiger partial charge in [-0.2, -0.15) is 0 Å². The van der Waals surface area contributed by atoms with Gasteiger partial charge >= 0.3 is 5.97 Å². The van der Waals surface area contributed by atoms with Crippen molar-refractivity contribution in [2.45, 2.75) is 31.1 Å². The van der Waals surface area contributed by atoms with Gasteiger partial charge in [-0.15, -0.1) is 0 Å². The number of methoxy groups -OCH3 is 1. The summed E-state index contributed by atoms with van der Waals surface area (Å²) in [7, 11) is -0.850. The highest BCUT2D eigenvalue weighted by Crippen LogP contribution is 2.24. The fourth-order valence-electron chi connectivity index (χ4n) is 1.90. The van der Waals surface area contributed by atoms with E-state index in [1.54, 1.807) is 0 Å². The van der Waals surface area contributed by atoms with E-state index in [9.17, 15) is 13.2 Å². The third-order valence-electron chi connectivity index (χ3n) is 3.19. The molecule has 0 aliphatic rings. The fraction of sp³-hybridized carbons (Fsp3) is 0.500. The van der Waals surface area contributed by atoms with Crippen LogP contribution in [0, 0.1) is 0 Å². The van der Waals surface area contributed by atoms with Crippen molar-refractivity contribution in [3.8, 4) is 5.75 Å². The van der Waals surface area contributed by atoms with Crippen LogP contribution in [-0.4, -0.2) is 44.5 Å². The van der Waals surface area contributed by atoms with E-state index in [0.717, 1.165) is 25.3 Å². The van der Waals surface area contributed by atoms with Crippen LogP contribution in [0.5, 0.6) is 5.75 Å². The van der Waals surface area contributed by atoms with Crippen LogP contribution in [-0.2, 0) is 10.0 Å². The quantitative estimate of drug-likeness (QED) is 0.744. The summed E-state index contributed by atoms with van der Waals surface area (Å²) >= 11 is 0. The van der Waals surface area contributed by atoms with Crippen LogP contribution in [0.25, 0.3) is 0 Å². The van der Waals surface area contributed by atoms with E-state index in [-0.39, 0.29) is 16.2 Å². The van der Waals surface area contributed by atoms with Gasteiger partial charge in [0.1, 0.15) is 11.3 Å². The number of ether oxygens (including phenoxy) is 1. The number of sulfonamides is 1. The second-order valence-corrected chi connectivity index (χ2v) is 6.75. The van der Waals surface area contributed by atoms with Crippen LogP contribution < -0.4 is 4.74 Å². The van der Waals surface area contributed by atoms with Gasteiger partial charge in [0.2, 0.25) is 10.0 Å². The molecule has 0 spiro atoms. The first-order chi connectivity index (χ1) is 9.84. The van der Waals surface area contributed by atoms with Crippen molar-refractivity contribution in [1.29, 1.82) is 0 Å². The molecule has 1 rings (SSSR count). The van der Waals surface area contributed by atoms with Crippen molar-refractivity contribution in [3.63, 3.8) is 0 Å². The van der Waals surface area contributed by atoms with Gasteiger partial charge in [0.15, 0.2) is 0 Å². The lowest BCUT2D eigenvalue weighted by Gasteiger charge is -2.17. The molecule has 0 aliphatic heterocycles. The molecular weight excluding hydrogens is 294 g/mol. The van der Waals surface area contributed by atoms with Gasteiger partial charge in [0, 0.05) is 13.6 Å². The maximum atomic E-state index is 12.4. The zero-order chi connectivity index (χ0) is 16.0. The van der Waals surface area contributed by atoms with Crippen LogP contribution in [0.1, 0.15) is 36.5 Å². The number of unbranched alkanes of at least 4 members (excludes halogenated alkanes) is 2. The minimum Gasteiger partial charge on any atom is -0.496 e. The number of carboxylic acid groups (broad SMARTS) is 1. The second kappa shape index (κ2) is 7.42. The van der Waals surface area contributed by atoms with E-state index >= 15 is 0 Å². The summed E-state index contributed by atoms with van der Waals surface area (Å²) in [5.74, 6) is -1.09. The SMILES string of the molecule is CCCCCN(C)S(=O)(=O)c1ccc(OC)c(C(=O)O)c1. The Bertz CT molecular complexity index is 597. The zero-order valence-corrected chi connectivity index (χ0v) is 13.3. The maximum Gasteiger partial charge on any atom is 0.339 e. The van der Waals surface area contributed by atoms with E-state index < -0.39 is 16.0 Å². The van der Waals surface area contributed by atoms with Crippen molar-refractivity contribution in [2.24, 2.45) is 0 Å². The number of carboxylic acids is 1. The Balaban J connectivity index is 3.08. The minimum absolute atomic E-state index is 0.0419. The number of hydrogen-bond acceptors (Lipinski definition) is 4. The van der Waals surface area contributed by atoms with E-state index in [2.05, 4.69) is 0 Å². The van der Waals surface area contributed by atoms with E-state index in [4.69, 9.17) is 9.84 Å². The van der Waals surface area contributed by atoms with E-state index in [0.29, 0.717) is 6.54 Å². The van der Waals surface area contributed by atoms with Crippen LogP contribution in [0.15, 0.2) is 23.1 Å². The first-order valence-corrected chi connectivity index (χ1v) is 8.16. The average molecular weight is 315 g/mol. The van der Waals surface area contributed by atoms with Gasteiger partial charge in [-0.1, -0.05) is 19.8 Å². The van der Waals surface area contributed by atoms with Crippen molar-refractivity contribution in [1.82, 2.24) is 4.31 Å². The molecule has 0 aliphatic carbocycles. The highest BCUT2D eigenvalue weighted by molar-refractivity contribution is 7.89. The molecule has 0 heterocycles. The lowest BCUT2D eigenvalue weighted by molar-refractivity contribution is 0.0693. The summed E-state index contributed by atoms with van der Waals surface area (Å²) in [5.41, 5.74) is -0.166. The van der Waals surface area contributed by atoms with Gasteiger partial charge in [-0.3, -0.25) is 0 Å². The van der Waals surface area contributed by atoms with E-state index in [1.807, 2.05) is 6.92 Å². The van der Waals surface area contributed by atoms with Gasteiger partial charge < -0.3 is 9.84 Å². The molecule has 0 saturated carbocycles. The fourth-order valence-corrected chi connectivity index (χ4v) is 3.14. The summed E-state index contributed by atoms with van der Waals surface area (Å²) in [6.45, 7) is 2.45. The molecule has 1 N–H and O–H groups in total. The summed E-state index contributed by atoms with van der Waals surface area (Å²) in [5, 5.41) is 9.11. The van der Waals surface area contributed by atoms with Gasteiger partial charge in [-0.05, 0) is 24.6 Å². The molecule has 0 saturated heterocycles. The Morgan fingerprint density at radius 2 is 2.00 bits per heavy atom. The second-order valence-electron chi connectivity index (χ2n) is 4.70. The smallest absolute Gasteiger partial charge is 0.339 e. The first-order valence-electron chi connectivity index (χ1n) is 6.72. The first kappa shape index (κ1) is 17.5. The highest BCUT2D eigenvalue weighted by Gasteiger charge is 2.23. The molecule has 0 atom stereocenters. The Kier molecular flexibility index (Phi) is 6.17. The molecule has 0 fully saturated rings. The van der Waals surface area contributed by atoms with E-state index in [1.165, 1.54) is 30.6 Å². The van der Waals surface area contributed by atoms with Crippen LogP contribution >= 0.6 is 0 Å². The molecule has 6 nitrogen and oxygen atoms in total. The molecule has 0 amide bonds. The highest BCUT2D eigenvalue weighted by atomic mass is 32.2. The molecule has 7 heteroatoms. The van der Waals surface area contributed by atoms with Gasteiger partial charge in [0.05, 0.1) is 12.0 Å². The van der Waals surface area contributed by atoms with Crippen LogP contribution in [0.2, 0.25) is 0 Å². The number of rotatable bonds is 8. The molecule has 0 bridgehead atoms. The predicted octanol–water partition coefficient (Wildman–Crippen LogP) is 2.20. The summed E-state index contributed by atoms with van der Waals surface area (Å²) in [6.07, 6.45) is 2.72. The zero-order valence-electron chi connectivity index (χ0n) is 12.5. The Morgan fingerprint density at radius 3 is 2.52 bits per heavy atom. The summed E-state index contributed by atoms with van der Waals surface area (Å²) in [6, 6.07) is 3.85. The minimum atomic E-state index is -3.69. The summed E-state index contributed by atoms with van der Waals surface area (Å²) < 4.78 is 31.0. The normalized spacial score (nSPS) is 11.6. The summed E-state index contributed by atoms with van der Waals surface area (Å²) in [4.78, 5) is 11.1. The third-order valence-corrected chi connectivity index (χ3v) is 5.04. The third kappa shape index (κ3) is 4.18. The largest absolute Gasteiger partial charge is 0.496 e. The number of hydrogen-bond donors (Lipinski definition) is 1.